The van der Waals surface area contributed by atoms with Gasteiger partial charge in [0.15, 0.2) is 0 Å². The number of hydrogen-bond acceptors (Lipinski definition) is 4. The third kappa shape index (κ3) is 4.60. The Kier molecular flexibility index (Phi) is 5.07. The van der Waals surface area contributed by atoms with E-state index in [2.05, 4.69) is 6.58 Å². The highest BCUT2D eigenvalue weighted by Gasteiger charge is 2.17. The quantitative estimate of drug-likeness (QED) is 0.634. The van der Waals surface area contributed by atoms with Crippen LogP contribution in [0.15, 0.2) is 41.3 Å². The van der Waals surface area contributed by atoms with Crippen molar-refractivity contribution in [2.45, 2.75) is 31.3 Å². The first-order chi connectivity index (χ1) is 8.31. The minimum Gasteiger partial charge on any atom is -0.390 e. The molecule has 0 aromatic heterocycles. The molecule has 0 heterocycles. The predicted molar refractivity (Wildman–Crippen MR) is 69.8 cm³/mol. The van der Waals surface area contributed by atoms with E-state index >= 15 is 0 Å². The van der Waals surface area contributed by atoms with Gasteiger partial charge in [-0.15, -0.1) is 6.58 Å². The largest absolute Gasteiger partial charge is 0.390 e. The van der Waals surface area contributed by atoms with Crippen LogP contribution in [0.5, 0.6) is 0 Å². The molecule has 0 saturated heterocycles. The molecule has 18 heavy (non-hydrogen) atoms. The fourth-order valence-electron chi connectivity index (χ4n) is 1.40. The topological polar surface area (TPSA) is 63.6 Å². The van der Waals surface area contributed by atoms with Crippen LogP contribution >= 0.6 is 0 Å². The molecule has 0 radical (unpaired) electrons. The number of benzene rings is 1. The van der Waals surface area contributed by atoms with Gasteiger partial charge in [0.2, 0.25) is 0 Å². The van der Waals surface area contributed by atoms with Gasteiger partial charge in [0.1, 0.15) is 0 Å². The highest BCUT2D eigenvalue weighted by Crippen LogP contribution is 2.14. The lowest BCUT2D eigenvalue weighted by Crippen LogP contribution is -2.19. The fraction of sp³-hybridized carbons (Fsp3) is 0.385. The first-order valence-corrected chi connectivity index (χ1v) is 7.00. The summed E-state index contributed by atoms with van der Waals surface area (Å²) in [5.41, 5.74) is 1.75. The molecule has 1 aromatic rings. The second-order valence-corrected chi connectivity index (χ2v) is 5.98. The van der Waals surface area contributed by atoms with Crippen molar-refractivity contribution in [1.82, 2.24) is 0 Å². The lowest BCUT2D eigenvalue weighted by molar-refractivity contribution is 0.111. The molecule has 4 nitrogen and oxygen atoms in total. The van der Waals surface area contributed by atoms with Gasteiger partial charge in [0.25, 0.3) is 10.1 Å². The number of aryl methyl sites for hydroxylation is 1. The van der Waals surface area contributed by atoms with E-state index in [1.807, 2.05) is 6.92 Å². The molecule has 5 heteroatoms. The summed E-state index contributed by atoms with van der Waals surface area (Å²) in [6.45, 7) is 7.01. The van der Waals surface area contributed by atoms with Crippen molar-refractivity contribution in [1.29, 1.82) is 0 Å². The second-order valence-electron chi connectivity index (χ2n) is 4.37. The van der Waals surface area contributed by atoms with Gasteiger partial charge in [-0.05, 0) is 32.4 Å². The van der Waals surface area contributed by atoms with Crippen molar-refractivity contribution in [3.63, 3.8) is 0 Å². The first-order valence-electron chi connectivity index (χ1n) is 5.60. The zero-order chi connectivity index (χ0) is 13.8. The maximum Gasteiger partial charge on any atom is 0.297 e. The lowest BCUT2D eigenvalue weighted by Gasteiger charge is -2.11. The van der Waals surface area contributed by atoms with Crippen LogP contribution in [0.1, 0.15) is 18.9 Å². The van der Waals surface area contributed by atoms with E-state index in [9.17, 15) is 13.5 Å². The third-order valence-electron chi connectivity index (χ3n) is 2.31. The van der Waals surface area contributed by atoms with Crippen LogP contribution in [0, 0.1) is 6.92 Å². The normalized spacial score (nSPS) is 13.3. The standard InChI is InChI=1S/C13H18O4S/c1-10(2)8-12(14)9-17-18(15,16)13-6-4-11(3)5-7-13/h4-7,12,14H,1,8-9H2,2-3H3/t12-/m0/s1. The van der Waals surface area contributed by atoms with Gasteiger partial charge in [-0.3, -0.25) is 4.18 Å². The SMILES string of the molecule is C=C(C)C[C@H](O)COS(=O)(=O)c1ccc(C)cc1. The van der Waals surface area contributed by atoms with Crippen LogP contribution in [-0.2, 0) is 14.3 Å². The molecule has 100 valence electrons. The van der Waals surface area contributed by atoms with Crippen molar-refractivity contribution in [2.75, 3.05) is 6.61 Å². The molecule has 0 fully saturated rings. The summed E-state index contributed by atoms with van der Waals surface area (Å²) in [5.74, 6) is 0. The molecule has 0 spiro atoms. The van der Waals surface area contributed by atoms with Crippen LogP contribution in [0.25, 0.3) is 0 Å². The summed E-state index contributed by atoms with van der Waals surface area (Å²) in [6, 6.07) is 6.35. The Bertz CT molecular complexity index is 502. The second kappa shape index (κ2) is 6.13. The van der Waals surface area contributed by atoms with E-state index in [1.54, 1.807) is 19.1 Å². The number of rotatable bonds is 6. The molecular weight excluding hydrogens is 252 g/mol. The molecule has 0 aliphatic heterocycles. The Morgan fingerprint density at radius 1 is 1.39 bits per heavy atom. The average Bonchev–Trinajstić information content (AvgIpc) is 2.26. The molecule has 0 bridgehead atoms. The molecule has 0 aliphatic rings. The average molecular weight is 270 g/mol. The van der Waals surface area contributed by atoms with Crippen molar-refractivity contribution >= 4 is 10.1 Å². The van der Waals surface area contributed by atoms with Crippen LogP contribution in [0.3, 0.4) is 0 Å². The van der Waals surface area contributed by atoms with Gasteiger partial charge >= 0.3 is 0 Å². The van der Waals surface area contributed by atoms with Crippen LogP contribution < -0.4 is 0 Å². The van der Waals surface area contributed by atoms with E-state index in [0.717, 1.165) is 11.1 Å². The molecule has 0 aliphatic carbocycles. The number of aliphatic hydroxyl groups is 1. The highest BCUT2D eigenvalue weighted by atomic mass is 32.2. The Hall–Kier alpha value is -1.17. The molecule has 0 unspecified atom stereocenters. The van der Waals surface area contributed by atoms with E-state index in [1.165, 1.54) is 12.1 Å². The molecular formula is C13H18O4S. The fourth-order valence-corrected chi connectivity index (χ4v) is 2.34. The van der Waals surface area contributed by atoms with E-state index in [4.69, 9.17) is 4.18 Å². The van der Waals surface area contributed by atoms with Gasteiger partial charge in [0.05, 0.1) is 17.6 Å². The van der Waals surface area contributed by atoms with Crippen molar-refractivity contribution in [3.05, 3.63) is 42.0 Å². The number of hydrogen-bond donors (Lipinski definition) is 1. The minimum absolute atomic E-state index is 0.0932. The zero-order valence-corrected chi connectivity index (χ0v) is 11.4. The predicted octanol–water partition coefficient (Wildman–Crippen LogP) is 2.03. The van der Waals surface area contributed by atoms with E-state index in [-0.39, 0.29) is 11.5 Å². The monoisotopic (exact) mass is 270 g/mol. The number of aliphatic hydroxyl groups excluding tert-OH is 1. The molecule has 1 N–H and O–H groups in total. The van der Waals surface area contributed by atoms with Crippen molar-refractivity contribution < 1.29 is 17.7 Å². The third-order valence-corrected chi connectivity index (χ3v) is 3.61. The summed E-state index contributed by atoms with van der Waals surface area (Å²) < 4.78 is 28.4. The van der Waals surface area contributed by atoms with E-state index < -0.39 is 16.2 Å². The van der Waals surface area contributed by atoms with Gasteiger partial charge in [-0.25, -0.2) is 0 Å². The van der Waals surface area contributed by atoms with Crippen LogP contribution in [0.4, 0.5) is 0 Å². The van der Waals surface area contributed by atoms with Crippen LogP contribution in [-0.4, -0.2) is 26.2 Å². The zero-order valence-electron chi connectivity index (χ0n) is 10.6. The Morgan fingerprint density at radius 2 is 1.94 bits per heavy atom. The summed E-state index contributed by atoms with van der Waals surface area (Å²) in [5, 5.41) is 9.52. The summed E-state index contributed by atoms with van der Waals surface area (Å²) >= 11 is 0. The summed E-state index contributed by atoms with van der Waals surface area (Å²) in [6.07, 6.45) is -0.536. The van der Waals surface area contributed by atoms with Crippen molar-refractivity contribution in [3.8, 4) is 0 Å². The first kappa shape index (κ1) is 14.9. The molecule has 1 rings (SSSR count). The smallest absolute Gasteiger partial charge is 0.297 e. The van der Waals surface area contributed by atoms with Crippen molar-refractivity contribution in [2.24, 2.45) is 0 Å². The van der Waals surface area contributed by atoms with Gasteiger partial charge < -0.3 is 5.11 Å². The molecule has 1 aromatic carbocycles. The maximum atomic E-state index is 11.8. The van der Waals surface area contributed by atoms with E-state index in [0.29, 0.717) is 6.42 Å². The van der Waals surface area contributed by atoms with Gasteiger partial charge in [-0.1, -0.05) is 23.3 Å². The summed E-state index contributed by atoms with van der Waals surface area (Å²) in [4.78, 5) is 0.0932. The summed E-state index contributed by atoms with van der Waals surface area (Å²) in [7, 11) is -3.80. The Morgan fingerprint density at radius 3 is 2.44 bits per heavy atom. The molecule has 0 saturated carbocycles. The Labute approximate surface area is 108 Å². The van der Waals surface area contributed by atoms with Gasteiger partial charge in [0, 0.05) is 0 Å². The Balaban J connectivity index is 2.65. The lowest BCUT2D eigenvalue weighted by atomic mass is 10.2. The highest BCUT2D eigenvalue weighted by molar-refractivity contribution is 7.86. The molecule has 0 amide bonds. The minimum atomic E-state index is -3.80. The molecule has 1 atom stereocenters. The van der Waals surface area contributed by atoms with Crippen LogP contribution in [0.2, 0.25) is 0 Å². The van der Waals surface area contributed by atoms with Gasteiger partial charge in [-0.2, -0.15) is 8.42 Å². The maximum absolute atomic E-state index is 11.8.